The molecule has 0 heterocycles. The standard InChI is InChI=1S/C30H52O2/c1-19(18-31)20-10-13-27(4)16-17-29(6)21(25(20)27)8-9-23-28(5)14-12-24(32)26(2,3)22(28)11-15-30(23,29)7/h19-25,31-32H,8-18H2,1-7H3/t19?,20-,21?,22?,23?,24?,25?,27+,28-,29+,30+/m0/s1. The van der Waals surface area contributed by atoms with E-state index in [0.717, 1.165) is 24.2 Å². The van der Waals surface area contributed by atoms with Crippen LogP contribution >= 0.6 is 0 Å². The highest BCUT2D eigenvalue weighted by atomic mass is 16.3. The van der Waals surface area contributed by atoms with Crippen LogP contribution in [0.5, 0.6) is 0 Å². The van der Waals surface area contributed by atoms with Crippen molar-refractivity contribution in [2.45, 2.75) is 119 Å². The third kappa shape index (κ3) is 2.78. The maximum absolute atomic E-state index is 10.9. The van der Waals surface area contributed by atoms with Crippen LogP contribution < -0.4 is 0 Å². The van der Waals surface area contributed by atoms with Crippen molar-refractivity contribution in [3.8, 4) is 0 Å². The molecule has 0 aromatic carbocycles. The molecule has 2 N–H and O–H groups in total. The Morgan fingerprint density at radius 3 is 2.16 bits per heavy atom. The van der Waals surface area contributed by atoms with Gasteiger partial charge in [0.2, 0.25) is 0 Å². The fourth-order valence-electron chi connectivity index (χ4n) is 11.8. The second-order valence-corrected chi connectivity index (χ2v) is 15.1. The van der Waals surface area contributed by atoms with E-state index < -0.39 is 0 Å². The lowest BCUT2D eigenvalue weighted by Gasteiger charge is -2.73. The molecular weight excluding hydrogens is 392 g/mol. The van der Waals surface area contributed by atoms with Crippen LogP contribution in [0.25, 0.3) is 0 Å². The van der Waals surface area contributed by atoms with E-state index in [2.05, 4.69) is 48.5 Å². The predicted octanol–water partition coefficient (Wildman–Crippen LogP) is 7.08. The second-order valence-electron chi connectivity index (χ2n) is 15.1. The normalized spacial score (nSPS) is 57.7. The molecule has 0 amide bonds. The lowest BCUT2D eigenvalue weighted by atomic mass is 9.32. The minimum absolute atomic E-state index is 0.0460. The Balaban J connectivity index is 1.53. The molecule has 0 aromatic heterocycles. The van der Waals surface area contributed by atoms with Crippen LogP contribution in [0.2, 0.25) is 0 Å². The first-order valence-electron chi connectivity index (χ1n) is 14.1. The molecule has 5 aliphatic carbocycles. The molecule has 2 nitrogen and oxygen atoms in total. The molecule has 0 radical (unpaired) electrons. The Hall–Kier alpha value is -0.0800. The zero-order valence-electron chi connectivity index (χ0n) is 22.2. The van der Waals surface area contributed by atoms with Gasteiger partial charge >= 0.3 is 0 Å². The molecule has 32 heavy (non-hydrogen) atoms. The van der Waals surface area contributed by atoms with Crippen LogP contribution in [-0.2, 0) is 0 Å². The van der Waals surface area contributed by atoms with Gasteiger partial charge in [0.05, 0.1) is 6.10 Å². The summed E-state index contributed by atoms with van der Waals surface area (Å²) in [4.78, 5) is 0. The summed E-state index contributed by atoms with van der Waals surface area (Å²) in [6.45, 7) is 18.1. The smallest absolute Gasteiger partial charge is 0.0594 e. The number of rotatable bonds is 2. The molecule has 11 atom stereocenters. The second kappa shape index (κ2) is 7.22. The van der Waals surface area contributed by atoms with Gasteiger partial charge in [-0.15, -0.1) is 0 Å². The highest BCUT2D eigenvalue weighted by Crippen LogP contribution is 2.77. The summed E-state index contributed by atoms with van der Waals surface area (Å²) in [6, 6.07) is 0. The van der Waals surface area contributed by atoms with E-state index in [0.29, 0.717) is 46.0 Å². The zero-order valence-corrected chi connectivity index (χ0v) is 22.2. The van der Waals surface area contributed by atoms with E-state index in [1.54, 1.807) is 0 Å². The van der Waals surface area contributed by atoms with Gasteiger partial charge in [0.25, 0.3) is 0 Å². The fraction of sp³-hybridized carbons (Fsp3) is 1.00. The number of hydrogen-bond donors (Lipinski definition) is 2. The van der Waals surface area contributed by atoms with E-state index in [-0.39, 0.29) is 11.5 Å². The molecular formula is C30H52O2. The van der Waals surface area contributed by atoms with E-state index in [1.807, 2.05) is 0 Å². The molecule has 184 valence electrons. The van der Waals surface area contributed by atoms with E-state index in [4.69, 9.17) is 0 Å². The summed E-state index contributed by atoms with van der Waals surface area (Å²) in [5.74, 6) is 4.23. The third-order valence-electron chi connectivity index (χ3n) is 13.9. The summed E-state index contributed by atoms with van der Waals surface area (Å²) in [7, 11) is 0. The molecule has 2 heteroatoms. The van der Waals surface area contributed by atoms with Gasteiger partial charge in [-0.2, -0.15) is 0 Å². The first-order valence-corrected chi connectivity index (χ1v) is 14.1. The van der Waals surface area contributed by atoms with E-state index in [1.165, 1.54) is 57.8 Å². The highest BCUT2D eigenvalue weighted by Gasteiger charge is 2.70. The molecule has 0 aromatic rings. The summed E-state index contributed by atoms with van der Waals surface area (Å²) in [6.07, 6.45) is 13.0. The van der Waals surface area contributed by atoms with Crippen LogP contribution in [-0.4, -0.2) is 22.9 Å². The molecule has 5 aliphatic rings. The Bertz CT molecular complexity index is 745. The summed E-state index contributed by atoms with van der Waals surface area (Å²) >= 11 is 0. The fourth-order valence-corrected chi connectivity index (χ4v) is 11.8. The van der Waals surface area contributed by atoms with Crippen LogP contribution in [0.15, 0.2) is 0 Å². The molecule has 0 spiro atoms. The maximum atomic E-state index is 10.9. The van der Waals surface area contributed by atoms with Crippen LogP contribution in [0.3, 0.4) is 0 Å². The molecule has 0 aliphatic heterocycles. The van der Waals surface area contributed by atoms with Crippen molar-refractivity contribution < 1.29 is 10.2 Å². The van der Waals surface area contributed by atoms with Gasteiger partial charge in [0.15, 0.2) is 0 Å². The van der Waals surface area contributed by atoms with Crippen molar-refractivity contribution in [3.63, 3.8) is 0 Å². The highest BCUT2D eigenvalue weighted by molar-refractivity contribution is 5.19. The zero-order chi connectivity index (χ0) is 23.3. The third-order valence-corrected chi connectivity index (χ3v) is 13.9. The molecule has 5 rings (SSSR count). The average molecular weight is 445 g/mol. The first-order chi connectivity index (χ1) is 14.8. The first kappa shape index (κ1) is 23.7. The van der Waals surface area contributed by atoms with E-state index >= 15 is 0 Å². The Labute approximate surface area is 198 Å². The van der Waals surface area contributed by atoms with Crippen molar-refractivity contribution in [2.24, 2.45) is 62.6 Å². The monoisotopic (exact) mass is 444 g/mol. The molecule has 0 saturated heterocycles. The van der Waals surface area contributed by atoms with Gasteiger partial charge in [0, 0.05) is 6.61 Å². The van der Waals surface area contributed by atoms with Gasteiger partial charge in [0.1, 0.15) is 0 Å². The van der Waals surface area contributed by atoms with E-state index in [9.17, 15) is 10.2 Å². The van der Waals surface area contributed by atoms with Gasteiger partial charge in [-0.05, 0) is 127 Å². The van der Waals surface area contributed by atoms with Gasteiger partial charge in [-0.25, -0.2) is 0 Å². The van der Waals surface area contributed by atoms with Gasteiger partial charge < -0.3 is 10.2 Å². The number of hydrogen-bond acceptors (Lipinski definition) is 2. The summed E-state index contributed by atoms with van der Waals surface area (Å²) < 4.78 is 0. The SMILES string of the molecule is CC(CO)[C@@H]1CC[C@]2(C)CC[C@]3(C)C(CCC4[C@@]5(C)CCC(O)C(C)(C)C5CC[C@]43C)C12. The molecule has 5 saturated carbocycles. The van der Waals surface area contributed by atoms with Gasteiger partial charge in [-0.3, -0.25) is 0 Å². The van der Waals surface area contributed by atoms with Crippen LogP contribution in [0, 0.1) is 62.6 Å². The van der Waals surface area contributed by atoms with Crippen molar-refractivity contribution in [1.82, 2.24) is 0 Å². The largest absolute Gasteiger partial charge is 0.396 e. The number of fused-ring (bicyclic) bond motifs is 7. The molecule has 6 unspecified atom stereocenters. The van der Waals surface area contributed by atoms with Crippen molar-refractivity contribution >= 4 is 0 Å². The van der Waals surface area contributed by atoms with Crippen molar-refractivity contribution in [3.05, 3.63) is 0 Å². The summed E-state index contributed by atoms with van der Waals surface area (Å²) in [5.41, 5.74) is 1.75. The Kier molecular flexibility index (Phi) is 5.34. The number of aliphatic hydroxyl groups excluding tert-OH is 2. The minimum atomic E-state index is -0.133. The Morgan fingerprint density at radius 1 is 0.750 bits per heavy atom. The van der Waals surface area contributed by atoms with Gasteiger partial charge in [-0.1, -0.05) is 48.5 Å². The molecule has 5 fully saturated rings. The van der Waals surface area contributed by atoms with Crippen LogP contribution in [0.1, 0.15) is 113 Å². The quantitative estimate of drug-likeness (QED) is 0.478. The minimum Gasteiger partial charge on any atom is -0.396 e. The van der Waals surface area contributed by atoms with Crippen molar-refractivity contribution in [1.29, 1.82) is 0 Å². The lowest BCUT2D eigenvalue weighted by Crippen LogP contribution is -2.66. The lowest BCUT2D eigenvalue weighted by molar-refractivity contribution is -0.248. The average Bonchev–Trinajstić information content (AvgIpc) is 3.09. The Morgan fingerprint density at radius 2 is 1.47 bits per heavy atom. The van der Waals surface area contributed by atoms with Crippen LogP contribution in [0.4, 0.5) is 0 Å². The topological polar surface area (TPSA) is 40.5 Å². The molecule has 0 bridgehead atoms. The predicted molar refractivity (Wildman–Crippen MR) is 132 cm³/mol. The number of aliphatic hydroxyl groups is 2. The summed E-state index contributed by atoms with van der Waals surface area (Å²) in [5, 5.41) is 21.0. The van der Waals surface area contributed by atoms with Crippen molar-refractivity contribution in [2.75, 3.05) is 6.61 Å². The maximum Gasteiger partial charge on any atom is 0.0594 e.